The molecular formula is C17H19N3O2. The van der Waals surface area contributed by atoms with Gasteiger partial charge in [-0.25, -0.2) is 0 Å². The average molecular weight is 297 g/mol. The Morgan fingerprint density at radius 2 is 2.18 bits per heavy atom. The number of nitrogens with zero attached hydrogens (tertiary/aromatic N) is 2. The molecular weight excluding hydrogens is 278 g/mol. The standard InChI is InChI=1S/C17H19N3O2/c1-12-5-7-15(17(19)22)11-20(12)16(21)8-6-13-3-2-4-14(9-13)10-18/h2-4,6,8-9,12,15H,5,7,11H2,1H3,(H2,19,22)/b8-6-/t12-,15+/m1/s1. The van der Waals surface area contributed by atoms with Crippen LogP contribution in [0.4, 0.5) is 0 Å². The molecule has 0 aliphatic carbocycles. The van der Waals surface area contributed by atoms with E-state index in [-0.39, 0.29) is 23.8 Å². The molecule has 1 aromatic carbocycles. The number of hydrogen-bond acceptors (Lipinski definition) is 3. The van der Waals surface area contributed by atoms with Crippen molar-refractivity contribution in [2.24, 2.45) is 11.7 Å². The van der Waals surface area contributed by atoms with Gasteiger partial charge in [-0.1, -0.05) is 12.1 Å². The molecule has 1 saturated heterocycles. The average Bonchev–Trinajstić information content (AvgIpc) is 2.53. The van der Waals surface area contributed by atoms with Crippen LogP contribution in [0.25, 0.3) is 6.08 Å². The molecule has 0 unspecified atom stereocenters. The lowest BCUT2D eigenvalue weighted by Crippen LogP contribution is -2.48. The summed E-state index contributed by atoms with van der Waals surface area (Å²) in [7, 11) is 0. The van der Waals surface area contributed by atoms with Crippen LogP contribution < -0.4 is 5.73 Å². The predicted octanol–water partition coefficient (Wildman–Crippen LogP) is 1.68. The van der Waals surface area contributed by atoms with Crippen LogP contribution in [0.15, 0.2) is 30.3 Å². The fraction of sp³-hybridized carbons (Fsp3) is 0.353. The third-order valence-electron chi connectivity index (χ3n) is 4.00. The highest BCUT2D eigenvalue weighted by Crippen LogP contribution is 2.22. The second kappa shape index (κ2) is 6.90. The quantitative estimate of drug-likeness (QED) is 0.861. The third kappa shape index (κ3) is 3.73. The number of hydrogen-bond donors (Lipinski definition) is 1. The number of carbonyl (C=O) groups is 2. The van der Waals surface area contributed by atoms with Crippen molar-refractivity contribution in [2.45, 2.75) is 25.8 Å². The van der Waals surface area contributed by atoms with Gasteiger partial charge >= 0.3 is 0 Å². The summed E-state index contributed by atoms with van der Waals surface area (Å²) in [5, 5.41) is 8.87. The summed E-state index contributed by atoms with van der Waals surface area (Å²) in [6.07, 6.45) is 4.67. The number of likely N-dealkylation sites (tertiary alicyclic amines) is 1. The second-order valence-electron chi connectivity index (χ2n) is 5.59. The Kier molecular flexibility index (Phi) is 4.95. The molecule has 5 nitrogen and oxygen atoms in total. The molecule has 0 bridgehead atoms. The number of rotatable bonds is 3. The van der Waals surface area contributed by atoms with E-state index >= 15 is 0 Å². The number of primary amides is 1. The minimum Gasteiger partial charge on any atom is -0.369 e. The number of piperidine rings is 1. The molecule has 2 rings (SSSR count). The lowest BCUT2D eigenvalue weighted by Gasteiger charge is -2.36. The number of carbonyl (C=O) groups excluding carboxylic acids is 2. The van der Waals surface area contributed by atoms with Gasteiger partial charge in [0, 0.05) is 18.7 Å². The topological polar surface area (TPSA) is 87.2 Å². The van der Waals surface area contributed by atoms with Crippen molar-refractivity contribution >= 4 is 17.9 Å². The predicted molar refractivity (Wildman–Crippen MR) is 83.3 cm³/mol. The molecule has 22 heavy (non-hydrogen) atoms. The van der Waals surface area contributed by atoms with Crippen LogP contribution >= 0.6 is 0 Å². The van der Waals surface area contributed by atoms with E-state index in [2.05, 4.69) is 6.07 Å². The number of benzene rings is 1. The van der Waals surface area contributed by atoms with Gasteiger partial charge in [-0.2, -0.15) is 5.26 Å². The molecule has 0 aromatic heterocycles. The smallest absolute Gasteiger partial charge is 0.246 e. The van der Waals surface area contributed by atoms with Gasteiger partial charge in [0.1, 0.15) is 0 Å². The van der Waals surface area contributed by atoms with Crippen LogP contribution in [0, 0.1) is 17.2 Å². The second-order valence-corrected chi connectivity index (χ2v) is 5.59. The van der Waals surface area contributed by atoms with Crippen molar-refractivity contribution in [3.63, 3.8) is 0 Å². The normalized spacial score (nSPS) is 21.5. The van der Waals surface area contributed by atoms with Crippen molar-refractivity contribution < 1.29 is 9.59 Å². The van der Waals surface area contributed by atoms with Gasteiger partial charge in [-0.15, -0.1) is 0 Å². The van der Waals surface area contributed by atoms with E-state index in [1.807, 2.05) is 13.0 Å². The van der Waals surface area contributed by atoms with Gasteiger partial charge in [0.2, 0.25) is 11.8 Å². The zero-order valence-electron chi connectivity index (χ0n) is 12.5. The van der Waals surface area contributed by atoms with Crippen LogP contribution in [-0.2, 0) is 9.59 Å². The Balaban J connectivity index is 2.08. The Hall–Kier alpha value is -2.61. The fourth-order valence-electron chi connectivity index (χ4n) is 2.62. The maximum atomic E-state index is 12.3. The summed E-state index contributed by atoms with van der Waals surface area (Å²) in [6.45, 7) is 2.34. The summed E-state index contributed by atoms with van der Waals surface area (Å²) < 4.78 is 0. The van der Waals surface area contributed by atoms with Gasteiger partial charge in [0.15, 0.2) is 0 Å². The molecule has 1 aromatic rings. The summed E-state index contributed by atoms with van der Waals surface area (Å²) in [4.78, 5) is 25.3. The molecule has 2 atom stereocenters. The zero-order valence-corrected chi connectivity index (χ0v) is 12.5. The monoisotopic (exact) mass is 297 g/mol. The summed E-state index contributed by atoms with van der Waals surface area (Å²) in [6, 6.07) is 9.19. The van der Waals surface area contributed by atoms with Crippen molar-refractivity contribution in [2.75, 3.05) is 6.54 Å². The lowest BCUT2D eigenvalue weighted by atomic mass is 9.93. The van der Waals surface area contributed by atoms with Gasteiger partial charge in [-0.3, -0.25) is 9.59 Å². The van der Waals surface area contributed by atoms with Crippen molar-refractivity contribution in [3.05, 3.63) is 41.5 Å². The molecule has 0 radical (unpaired) electrons. The van der Waals surface area contributed by atoms with Crippen LogP contribution in [-0.4, -0.2) is 29.3 Å². The summed E-state index contributed by atoms with van der Waals surface area (Å²) in [5.41, 5.74) is 6.69. The van der Waals surface area contributed by atoms with Gasteiger partial charge in [-0.05, 0) is 43.5 Å². The molecule has 2 N–H and O–H groups in total. The first-order valence-corrected chi connectivity index (χ1v) is 7.29. The number of amides is 2. The summed E-state index contributed by atoms with van der Waals surface area (Å²) >= 11 is 0. The molecule has 1 heterocycles. The van der Waals surface area contributed by atoms with Crippen molar-refractivity contribution in [1.82, 2.24) is 4.90 Å². The van der Waals surface area contributed by atoms with E-state index in [1.165, 1.54) is 6.08 Å². The van der Waals surface area contributed by atoms with Gasteiger partial charge in [0.05, 0.1) is 17.6 Å². The van der Waals surface area contributed by atoms with Crippen LogP contribution in [0.2, 0.25) is 0 Å². The maximum absolute atomic E-state index is 12.3. The Bertz CT molecular complexity index is 646. The zero-order chi connectivity index (χ0) is 16.1. The fourth-order valence-corrected chi connectivity index (χ4v) is 2.62. The Morgan fingerprint density at radius 3 is 2.86 bits per heavy atom. The Labute approximate surface area is 130 Å². The molecule has 0 saturated carbocycles. The van der Waals surface area contributed by atoms with E-state index in [4.69, 9.17) is 11.0 Å². The maximum Gasteiger partial charge on any atom is 0.246 e. The first-order chi connectivity index (χ1) is 10.5. The first-order valence-electron chi connectivity index (χ1n) is 7.29. The Morgan fingerprint density at radius 1 is 1.41 bits per heavy atom. The minimum atomic E-state index is -0.351. The molecule has 0 spiro atoms. The highest BCUT2D eigenvalue weighted by Gasteiger charge is 2.30. The van der Waals surface area contributed by atoms with E-state index < -0.39 is 0 Å². The number of nitriles is 1. The molecule has 2 amide bonds. The highest BCUT2D eigenvalue weighted by molar-refractivity contribution is 5.92. The molecule has 1 aliphatic rings. The lowest BCUT2D eigenvalue weighted by molar-refractivity contribution is -0.133. The largest absolute Gasteiger partial charge is 0.369 e. The minimum absolute atomic E-state index is 0.0955. The van der Waals surface area contributed by atoms with Crippen molar-refractivity contribution in [3.8, 4) is 6.07 Å². The molecule has 5 heteroatoms. The molecule has 1 fully saturated rings. The highest BCUT2D eigenvalue weighted by atomic mass is 16.2. The molecule has 114 valence electrons. The molecule has 1 aliphatic heterocycles. The number of nitrogens with two attached hydrogens (primary N) is 1. The van der Waals surface area contributed by atoms with Gasteiger partial charge in [0.25, 0.3) is 0 Å². The van der Waals surface area contributed by atoms with Crippen LogP contribution in [0.3, 0.4) is 0 Å². The van der Waals surface area contributed by atoms with E-state index in [0.29, 0.717) is 12.1 Å². The van der Waals surface area contributed by atoms with E-state index in [0.717, 1.165) is 18.4 Å². The van der Waals surface area contributed by atoms with Crippen molar-refractivity contribution in [1.29, 1.82) is 5.26 Å². The van der Waals surface area contributed by atoms with Crippen LogP contribution in [0.5, 0.6) is 0 Å². The first kappa shape index (κ1) is 15.8. The van der Waals surface area contributed by atoms with Crippen LogP contribution in [0.1, 0.15) is 30.9 Å². The van der Waals surface area contributed by atoms with Gasteiger partial charge < -0.3 is 10.6 Å². The van der Waals surface area contributed by atoms with E-state index in [9.17, 15) is 9.59 Å². The summed E-state index contributed by atoms with van der Waals surface area (Å²) in [5.74, 6) is -0.758. The SMILES string of the molecule is C[C@@H]1CC[C@H](C(N)=O)CN1C(=O)/C=C\c1cccc(C#N)c1. The van der Waals surface area contributed by atoms with E-state index in [1.54, 1.807) is 29.2 Å². The third-order valence-corrected chi connectivity index (χ3v) is 4.00.